The average Bonchev–Trinajstić information content (AvgIpc) is 2.95. The second kappa shape index (κ2) is 6.15. The van der Waals surface area contributed by atoms with Gasteiger partial charge in [-0.15, -0.1) is 11.3 Å². The number of carbonyl (C=O) groups is 1. The summed E-state index contributed by atoms with van der Waals surface area (Å²) in [6.07, 6.45) is -0.679. The molecule has 0 bridgehead atoms. The smallest absolute Gasteiger partial charge is 0.342 e. The summed E-state index contributed by atoms with van der Waals surface area (Å²) in [5.74, 6) is 1.06. The van der Waals surface area contributed by atoms with Gasteiger partial charge >= 0.3 is 5.97 Å². The van der Waals surface area contributed by atoms with E-state index < -0.39 is 12.1 Å². The molecule has 3 aromatic heterocycles. The number of nitrogens with zero attached hydrogens (tertiary/aromatic N) is 1. The molecular weight excluding hydrogens is 340 g/mol. The molecule has 3 heterocycles. The Labute approximate surface area is 148 Å². The van der Waals surface area contributed by atoms with Crippen LogP contribution in [0.1, 0.15) is 56.7 Å². The summed E-state index contributed by atoms with van der Waals surface area (Å²) in [6, 6.07) is 0. The minimum atomic E-state index is -0.679. The molecule has 0 aliphatic heterocycles. The first kappa shape index (κ1) is 17.4. The van der Waals surface area contributed by atoms with Crippen molar-refractivity contribution in [1.29, 1.82) is 0 Å². The van der Waals surface area contributed by atoms with Crippen LogP contribution in [0.15, 0.2) is 9.21 Å². The summed E-state index contributed by atoms with van der Waals surface area (Å²) in [7, 11) is 0. The van der Waals surface area contributed by atoms with Gasteiger partial charge in [-0.25, -0.2) is 9.78 Å². The van der Waals surface area contributed by atoms with Gasteiger partial charge in [0.2, 0.25) is 0 Å². The van der Waals surface area contributed by atoms with E-state index in [2.05, 4.69) is 9.97 Å². The molecule has 0 amide bonds. The molecule has 3 rings (SSSR count). The predicted molar refractivity (Wildman–Crippen MR) is 96.5 cm³/mol. The van der Waals surface area contributed by atoms with Crippen molar-refractivity contribution < 1.29 is 13.9 Å². The lowest BCUT2D eigenvalue weighted by Crippen LogP contribution is -2.17. The molecular formula is C18H20N2O4S. The third-order valence-corrected chi connectivity index (χ3v) is 5.59. The third kappa shape index (κ3) is 2.89. The van der Waals surface area contributed by atoms with Crippen LogP contribution in [0.4, 0.5) is 0 Å². The van der Waals surface area contributed by atoms with Gasteiger partial charge in [-0.05, 0) is 47.1 Å². The molecule has 132 valence electrons. The topological polar surface area (TPSA) is 85.2 Å². The van der Waals surface area contributed by atoms with Crippen LogP contribution in [0.2, 0.25) is 0 Å². The Morgan fingerprint density at radius 2 is 1.84 bits per heavy atom. The quantitative estimate of drug-likeness (QED) is 0.713. The van der Waals surface area contributed by atoms with Crippen molar-refractivity contribution in [3.8, 4) is 0 Å². The summed E-state index contributed by atoms with van der Waals surface area (Å²) in [5, 5.41) is 0.599. The molecule has 0 aliphatic rings. The van der Waals surface area contributed by atoms with Crippen molar-refractivity contribution in [2.24, 2.45) is 0 Å². The molecule has 0 unspecified atom stereocenters. The van der Waals surface area contributed by atoms with E-state index in [1.807, 2.05) is 20.8 Å². The number of hydrogen-bond acceptors (Lipinski definition) is 6. The first-order valence-electron chi connectivity index (χ1n) is 7.98. The Bertz CT molecular complexity index is 1040. The molecule has 0 aromatic carbocycles. The molecule has 0 spiro atoms. The van der Waals surface area contributed by atoms with Gasteiger partial charge < -0.3 is 14.1 Å². The van der Waals surface area contributed by atoms with E-state index in [-0.39, 0.29) is 5.56 Å². The number of furan rings is 1. The van der Waals surface area contributed by atoms with Crippen molar-refractivity contribution in [3.63, 3.8) is 0 Å². The molecule has 3 aromatic rings. The molecule has 1 atom stereocenters. The highest BCUT2D eigenvalue weighted by Gasteiger charge is 2.24. The van der Waals surface area contributed by atoms with Crippen LogP contribution < -0.4 is 5.56 Å². The fraction of sp³-hybridized carbons (Fsp3) is 0.389. The number of nitrogens with one attached hydrogen (secondary N) is 1. The zero-order valence-corrected chi connectivity index (χ0v) is 15.9. The maximum Gasteiger partial charge on any atom is 0.342 e. The minimum Gasteiger partial charge on any atom is -0.465 e. The number of H-pyrrole nitrogens is 1. The van der Waals surface area contributed by atoms with Crippen LogP contribution in [0.25, 0.3) is 10.2 Å². The molecule has 0 fully saturated rings. The second-order valence-electron chi connectivity index (χ2n) is 6.18. The molecule has 0 saturated carbocycles. The molecule has 6 nitrogen and oxygen atoms in total. The number of ether oxygens (including phenoxy) is 1. The summed E-state index contributed by atoms with van der Waals surface area (Å²) in [5.41, 5.74) is 1.91. The van der Waals surface area contributed by atoms with Crippen LogP contribution in [0.3, 0.4) is 0 Å². The SMILES string of the molecule is Cc1oc(C)c(C(=O)O[C@H](C)c2nc3sc(C)c(C)c3c(=O)[nH]2)c1C. The van der Waals surface area contributed by atoms with E-state index >= 15 is 0 Å². The predicted octanol–water partition coefficient (Wildman–Crippen LogP) is 4.04. The highest BCUT2D eigenvalue weighted by Crippen LogP contribution is 2.28. The summed E-state index contributed by atoms with van der Waals surface area (Å²) < 4.78 is 11.0. The lowest BCUT2D eigenvalue weighted by molar-refractivity contribution is 0.0317. The second-order valence-corrected chi connectivity index (χ2v) is 7.38. The van der Waals surface area contributed by atoms with Crippen molar-refractivity contribution in [3.05, 3.63) is 49.3 Å². The fourth-order valence-corrected chi connectivity index (χ4v) is 3.87. The zero-order valence-electron chi connectivity index (χ0n) is 15.1. The number of aryl methyl sites for hydroxylation is 4. The lowest BCUT2D eigenvalue weighted by atomic mass is 10.1. The van der Waals surface area contributed by atoms with Crippen LogP contribution in [-0.2, 0) is 4.74 Å². The highest BCUT2D eigenvalue weighted by atomic mass is 32.1. The lowest BCUT2D eigenvalue weighted by Gasteiger charge is -2.12. The Morgan fingerprint density at radius 3 is 2.44 bits per heavy atom. The highest BCUT2D eigenvalue weighted by molar-refractivity contribution is 7.18. The van der Waals surface area contributed by atoms with Crippen molar-refractivity contribution in [2.45, 2.75) is 47.6 Å². The first-order valence-corrected chi connectivity index (χ1v) is 8.79. The van der Waals surface area contributed by atoms with Crippen LogP contribution in [0, 0.1) is 34.6 Å². The van der Waals surface area contributed by atoms with E-state index in [0.717, 1.165) is 16.0 Å². The maximum atomic E-state index is 12.5. The molecule has 1 N–H and O–H groups in total. The van der Waals surface area contributed by atoms with E-state index in [1.165, 1.54) is 11.3 Å². The number of thiophene rings is 1. The van der Waals surface area contributed by atoms with Gasteiger partial charge in [0.1, 0.15) is 21.9 Å². The maximum absolute atomic E-state index is 12.5. The molecule has 7 heteroatoms. The number of esters is 1. The van der Waals surface area contributed by atoms with Gasteiger partial charge in [-0.1, -0.05) is 0 Å². The van der Waals surface area contributed by atoms with Crippen LogP contribution >= 0.6 is 11.3 Å². The monoisotopic (exact) mass is 360 g/mol. The van der Waals surface area contributed by atoms with Gasteiger partial charge in [0, 0.05) is 10.4 Å². The Morgan fingerprint density at radius 1 is 1.16 bits per heavy atom. The van der Waals surface area contributed by atoms with Gasteiger partial charge in [0.15, 0.2) is 11.9 Å². The number of fused-ring (bicyclic) bond motifs is 1. The number of aromatic nitrogens is 2. The fourth-order valence-electron chi connectivity index (χ4n) is 2.83. The Hall–Kier alpha value is -2.41. The summed E-state index contributed by atoms with van der Waals surface area (Å²) in [4.78, 5) is 33.8. The Balaban J connectivity index is 1.93. The molecule has 25 heavy (non-hydrogen) atoms. The van der Waals surface area contributed by atoms with E-state index in [9.17, 15) is 9.59 Å². The zero-order chi connectivity index (χ0) is 18.5. The number of hydrogen-bond donors (Lipinski definition) is 1. The minimum absolute atomic E-state index is 0.212. The number of rotatable bonds is 3. The standard InChI is InChI=1S/C18H20N2O4S/c1-7-9(3)23-10(4)13(7)18(22)24-11(5)15-19-16(21)14-8(2)12(6)25-17(14)20-15/h11H,1-6H3,(H,19,20,21)/t11-/m1/s1. The van der Waals surface area contributed by atoms with E-state index in [4.69, 9.17) is 9.15 Å². The van der Waals surface area contributed by atoms with Gasteiger partial charge in [-0.2, -0.15) is 0 Å². The van der Waals surface area contributed by atoms with E-state index in [1.54, 1.807) is 20.8 Å². The molecule has 0 radical (unpaired) electrons. The van der Waals surface area contributed by atoms with E-state index in [0.29, 0.717) is 33.1 Å². The van der Waals surface area contributed by atoms with Gasteiger partial charge in [0.05, 0.1) is 5.39 Å². The van der Waals surface area contributed by atoms with Crippen molar-refractivity contribution >= 4 is 27.5 Å². The summed E-state index contributed by atoms with van der Waals surface area (Å²) in [6.45, 7) is 10.9. The molecule has 0 saturated heterocycles. The number of carbonyl (C=O) groups excluding carboxylic acids is 1. The van der Waals surface area contributed by atoms with Crippen LogP contribution in [-0.4, -0.2) is 15.9 Å². The average molecular weight is 360 g/mol. The third-order valence-electron chi connectivity index (χ3n) is 4.49. The summed E-state index contributed by atoms with van der Waals surface area (Å²) >= 11 is 1.46. The normalized spacial score (nSPS) is 12.6. The largest absolute Gasteiger partial charge is 0.465 e. The number of aromatic amines is 1. The Kier molecular flexibility index (Phi) is 4.28. The molecule has 0 aliphatic carbocycles. The van der Waals surface area contributed by atoms with Gasteiger partial charge in [-0.3, -0.25) is 4.79 Å². The van der Waals surface area contributed by atoms with Crippen molar-refractivity contribution in [1.82, 2.24) is 9.97 Å². The first-order chi connectivity index (χ1) is 11.7. The van der Waals surface area contributed by atoms with Gasteiger partial charge in [0.25, 0.3) is 5.56 Å². The van der Waals surface area contributed by atoms with Crippen LogP contribution in [0.5, 0.6) is 0 Å². The van der Waals surface area contributed by atoms with Crippen molar-refractivity contribution in [2.75, 3.05) is 0 Å².